The van der Waals surface area contributed by atoms with Crippen LogP contribution in [0.2, 0.25) is 5.28 Å². The fourth-order valence-electron chi connectivity index (χ4n) is 8.15. The summed E-state index contributed by atoms with van der Waals surface area (Å²) < 4.78 is 141. The average Bonchev–Trinajstić information content (AvgIpc) is 4.03. The summed E-state index contributed by atoms with van der Waals surface area (Å²) in [6.45, 7) is 0. The van der Waals surface area contributed by atoms with Gasteiger partial charge in [0.1, 0.15) is 37.3 Å². The molecule has 0 amide bonds. The first-order valence-electron chi connectivity index (χ1n) is 20.0. The van der Waals surface area contributed by atoms with Gasteiger partial charge in [-0.05, 0) is 54.1 Å². The number of sulfonamides is 1. The van der Waals surface area contributed by atoms with Crippen molar-refractivity contribution in [1.29, 1.82) is 0 Å². The number of benzene rings is 5. The number of aromatic amines is 2. The Balaban J connectivity index is 1.23. The molecule has 0 spiro atoms. The number of fused-ring (bicyclic) bond motifs is 20. The molecule has 0 aliphatic carbocycles. The zero-order valence-corrected chi connectivity index (χ0v) is 39.0. The minimum atomic E-state index is -5.05. The number of hydrogen-bond acceptors (Lipinski definition) is 19. The lowest BCUT2D eigenvalue weighted by Crippen LogP contribution is -2.14. The molecule has 0 radical (unpaired) electrons. The Bertz CT molecular complexity index is 4500. The summed E-state index contributed by atoms with van der Waals surface area (Å²) in [4.78, 5) is 42.8. The highest BCUT2D eigenvalue weighted by Gasteiger charge is 2.32. The third-order valence-electron chi connectivity index (χ3n) is 10.9. The second-order valence-corrected chi connectivity index (χ2v) is 21.5. The Morgan fingerprint density at radius 3 is 1.48 bits per heavy atom. The van der Waals surface area contributed by atoms with E-state index in [1.165, 1.54) is 72.8 Å². The summed E-state index contributed by atoms with van der Waals surface area (Å²) in [5.74, 6) is -1.53. The molecule has 0 unspecified atom stereocenters. The molecule has 9 N–H and O–H groups in total. The summed E-state index contributed by atoms with van der Waals surface area (Å²) in [5.41, 5.74) is 4.58. The standard InChI is InChI=1S/C41H25ClN14O11S4/c42-39-53-40(43)55-41(54-39)44-17-6-1-7-18(16-17)56-68(57,58)23-12-2-8-19-27(23)35-48-33(19)49-37-29-22(11-5-14-25(29)70(62,63)64)34(51-37)50-36-28-20(9-3-13-24(28)69(59,60)61)31(46-36)45-32-21-10-4-15-26(71(65,66)67)30(21)38(47-32)52-35/h1-16,56H,(H,59,60,61)(H,62,63,64)(H,65,66,67)(H3,43,44,53,54,55)(H2,45,46,47,48,49,50,51,52). The van der Waals surface area contributed by atoms with Crippen molar-refractivity contribution < 1.29 is 47.3 Å². The highest BCUT2D eigenvalue weighted by atomic mass is 35.5. The molecule has 2 aliphatic rings. The van der Waals surface area contributed by atoms with E-state index in [0.717, 1.165) is 18.2 Å². The predicted molar refractivity (Wildman–Crippen MR) is 255 cm³/mol. The molecule has 11 rings (SSSR count). The molecule has 356 valence electrons. The van der Waals surface area contributed by atoms with E-state index in [9.17, 15) is 47.3 Å². The van der Waals surface area contributed by atoms with E-state index in [1.54, 1.807) is 6.07 Å². The van der Waals surface area contributed by atoms with E-state index in [4.69, 9.17) is 17.3 Å². The van der Waals surface area contributed by atoms with Gasteiger partial charge < -0.3 is 21.0 Å². The Labute approximate surface area is 402 Å². The fraction of sp³-hybridized carbons (Fsp3) is 0. The smallest absolute Gasteiger partial charge is 0.295 e. The van der Waals surface area contributed by atoms with Crippen molar-refractivity contribution >= 4 is 119 Å². The number of nitrogens with two attached hydrogens (primary N) is 1. The minimum absolute atomic E-state index is 0.00568. The van der Waals surface area contributed by atoms with Crippen LogP contribution in [0.1, 0.15) is 0 Å². The maximum absolute atomic E-state index is 14.7. The van der Waals surface area contributed by atoms with Crippen LogP contribution in [0.5, 0.6) is 0 Å². The molecule has 0 fully saturated rings. The third kappa shape index (κ3) is 7.96. The number of H-pyrrole nitrogens is 2. The summed E-state index contributed by atoms with van der Waals surface area (Å²) in [7, 11) is -19.7. The Kier molecular flexibility index (Phi) is 10.2. The molecule has 30 heteroatoms. The molecule has 0 saturated heterocycles. The summed E-state index contributed by atoms with van der Waals surface area (Å²) in [6, 6.07) is 21.3. The molecule has 6 heterocycles. The first-order chi connectivity index (χ1) is 33.6. The maximum atomic E-state index is 14.7. The number of aromatic nitrogens is 11. The van der Waals surface area contributed by atoms with Gasteiger partial charge in [-0.3, -0.25) is 18.4 Å². The van der Waals surface area contributed by atoms with Gasteiger partial charge in [-0.2, -0.15) is 40.2 Å². The van der Waals surface area contributed by atoms with Crippen LogP contribution in [-0.4, -0.2) is 102 Å². The van der Waals surface area contributed by atoms with Crippen molar-refractivity contribution in [2.24, 2.45) is 0 Å². The van der Waals surface area contributed by atoms with Crippen LogP contribution >= 0.6 is 11.6 Å². The number of nitrogens with zero attached hydrogens (tertiary/aromatic N) is 9. The highest BCUT2D eigenvalue weighted by molar-refractivity contribution is 7.93. The molecule has 4 aromatic heterocycles. The molecule has 25 nitrogen and oxygen atoms in total. The van der Waals surface area contributed by atoms with Gasteiger partial charge in [0.15, 0.2) is 23.3 Å². The van der Waals surface area contributed by atoms with Crippen molar-refractivity contribution in [2.75, 3.05) is 15.8 Å². The number of nitrogens with one attached hydrogen (secondary N) is 4. The fourth-order valence-corrected chi connectivity index (χ4v) is 11.7. The van der Waals surface area contributed by atoms with Crippen LogP contribution in [-0.2, 0) is 40.4 Å². The molecule has 0 saturated carbocycles. The zero-order valence-electron chi connectivity index (χ0n) is 35.0. The molecule has 5 aromatic carbocycles. The van der Waals surface area contributed by atoms with Gasteiger partial charge >= 0.3 is 0 Å². The van der Waals surface area contributed by atoms with Gasteiger partial charge in [0.25, 0.3) is 40.4 Å². The summed E-state index contributed by atoms with van der Waals surface area (Å²) in [6.07, 6.45) is 0. The third-order valence-corrected chi connectivity index (χ3v) is 15.2. The minimum Gasteiger partial charge on any atom is -0.368 e. The topological polar surface area (TPSA) is 395 Å². The largest absolute Gasteiger partial charge is 0.368 e. The van der Waals surface area contributed by atoms with Crippen LogP contribution in [0.25, 0.3) is 89.7 Å². The van der Waals surface area contributed by atoms with Gasteiger partial charge in [-0.25, -0.2) is 38.3 Å². The van der Waals surface area contributed by atoms with Crippen molar-refractivity contribution in [3.05, 3.63) is 102 Å². The van der Waals surface area contributed by atoms with E-state index < -0.39 is 65.8 Å². The second kappa shape index (κ2) is 15.9. The number of halogens is 1. The number of hydrogen-bond donors (Lipinski definition) is 8. The average molecular weight is 1050 g/mol. The summed E-state index contributed by atoms with van der Waals surface area (Å²) in [5, 5.41) is 2.19. The monoisotopic (exact) mass is 1050 g/mol. The first-order valence-corrected chi connectivity index (χ1v) is 26.1. The zero-order chi connectivity index (χ0) is 49.9. The number of anilines is 4. The highest BCUT2D eigenvalue weighted by Crippen LogP contribution is 2.42. The van der Waals surface area contributed by atoms with Crippen molar-refractivity contribution in [1.82, 2.24) is 54.8 Å². The van der Waals surface area contributed by atoms with E-state index in [-0.39, 0.29) is 107 Å². The van der Waals surface area contributed by atoms with Gasteiger partial charge in [-0.15, -0.1) is 0 Å². The SMILES string of the molecule is Nc1nc(Cl)nc(Nc2cccc(NS(=O)(=O)c3cccc4c3-c3nc-4nc4[nH]c(nc5nc(nc6[nH]c(n3)c3c(S(=O)(=O)O)cccc63)-c3cccc(S(=O)(=O)O)c3-5)c3cccc(S(=O)(=O)O)c43)c2)n1. The predicted octanol–water partition coefficient (Wildman–Crippen LogP) is 5.57. The van der Waals surface area contributed by atoms with E-state index in [2.05, 4.69) is 64.9 Å². The molecule has 2 aliphatic heterocycles. The van der Waals surface area contributed by atoms with E-state index >= 15 is 0 Å². The van der Waals surface area contributed by atoms with Gasteiger partial charge in [0.2, 0.25) is 17.2 Å². The maximum Gasteiger partial charge on any atom is 0.295 e. The van der Waals surface area contributed by atoms with Gasteiger partial charge in [-0.1, -0.05) is 54.6 Å². The molecule has 8 bridgehead atoms. The second-order valence-electron chi connectivity index (χ2n) is 15.3. The molecule has 71 heavy (non-hydrogen) atoms. The van der Waals surface area contributed by atoms with Crippen LogP contribution in [0.3, 0.4) is 0 Å². The number of rotatable bonds is 8. The lowest BCUT2D eigenvalue weighted by molar-refractivity contribution is 0.481. The first kappa shape index (κ1) is 45.3. The molecule has 0 atom stereocenters. The van der Waals surface area contributed by atoms with E-state index in [0.29, 0.717) is 5.69 Å². The molecular formula is C41H25ClN14O11S4. The lowest BCUT2D eigenvalue weighted by Gasteiger charge is -2.13. The van der Waals surface area contributed by atoms with Crippen molar-refractivity contribution in [3.8, 4) is 45.6 Å². The van der Waals surface area contributed by atoms with Gasteiger partial charge in [0, 0.05) is 38.4 Å². The molecule has 9 aromatic rings. The van der Waals surface area contributed by atoms with Crippen LogP contribution in [0, 0.1) is 0 Å². The Hall–Kier alpha value is -8.16. The Morgan fingerprint density at radius 1 is 0.479 bits per heavy atom. The Morgan fingerprint density at radius 2 is 0.930 bits per heavy atom. The normalized spacial score (nSPS) is 12.7. The van der Waals surface area contributed by atoms with Crippen molar-refractivity contribution in [2.45, 2.75) is 19.6 Å². The van der Waals surface area contributed by atoms with Crippen LogP contribution in [0.4, 0.5) is 23.3 Å². The van der Waals surface area contributed by atoms with Gasteiger partial charge in [0.05, 0.1) is 21.7 Å². The van der Waals surface area contributed by atoms with Crippen molar-refractivity contribution in [3.63, 3.8) is 0 Å². The molecular weight excluding hydrogens is 1030 g/mol. The van der Waals surface area contributed by atoms with Crippen LogP contribution < -0.4 is 15.8 Å². The van der Waals surface area contributed by atoms with Crippen LogP contribution in [0.15, 0.2) is 117 Å². The number of nitrogen functional groups attached to an aromatic ring is 1. The quantitative estimate of drug-likeness (QED) is 0.0861. The lowest BCUT2D eigenvalue weighted by atomic mass is 10.1. The summed E-state index contributed by atoms with van der Waals surface area (Å²) >= 11 is 5.93. The van der Waals surface area contributed by atoms with E-state index in [1.807, 2.05) is 0 Å².